The number of rotatable bonds is 3. The maximum Gasteiger partial charge on any atom is 0.436 e. The van der Waals surface area contributed by atoms with Crippen LogP contribution in [0, 0.1) is 5.82 Å². The standard InChI is InChI=1S/C19H19F6N5O2/c1-9-2-3-13(17(31)28-7-11(20)12(21)8-28)30-16(9)27-29(18(30)32)6-10-4-5-26-15(14(10)22)19(23,24)25/h4-5,9,11-13H,2-3,6-8H2,1H3/t9-,11-,12+,13-/m1/s1. The molecule has 0 radical (unpaired) electrons. The van der Waals surface area contributed by atoms with Crippen LogP contribution in [-0.2, 0) is 17.5 Å². The molecule has 0 aromatic carbocycles. The molecular weight excluding hydrogens is 444 g/mol. The van der Waals surface area contributed by atoms with Crippen molar-refractivity contribution >= 4 is 5.91 Å². The number of fused-ring (bicyclic) bond motifs is 1. The van der Waals surface area contributed by atoms with Crippen molar-refractivity contribution in [1.29, 1.82) is 0 Å². The highest BCUT2D eigenvalue weighted by Gasteiger charge is 2.42. The van der Waals surface area contributed by atoms with Gasteiger partial charge >= 0.3 is 11.9 Å². The van der Waals surface area contributed by atoms with Crippen molar-refractivity contribution in [2.24, 2.45) is 0 Å². The Bertz CT molecular complexity index is 1090. The van der Waals surface area contributed by atoms with E-state index in [4.69, 9.17) is 0 Å². The summed E-state index contributed by atoms with van der Waals surface area (Å²) in [6, 6.07) is -0.0398. The second-order valence-corrected chi connectivity index (χ2v) is 8.07. The lowest BCUT2D eigenvalue weighted by Crippen LogP contribution is -2.42. The third-order valence-electron chi connectivity index (χ3n) is 5.86. The number of pyridine rings is 1. The van der Waals surface area contributed by atoms with E-state index in [1.807, 2.05) is 0 Å². The van der Waals surface area contributed by atoms with E-state index < -0.39 is 72.9 Å². The minimum absolute atomic E-state index is 0.206. The smallest absolute Gasteiger partial charge is 0.335 e. The van der Waals surface area contributed by atoms with Crippen LogP contribution in [0.15, 0.2) is 17.1 Å². The number of nitrogens with zero attached hydrogens (tertiary/aromatic N) is 5. The van der Waals surface area contributed by atoms with Crippen LogP contribution in [0.1, 0.15) is 48.8 Å². The second-order valence-electron chi connectivity index (χ2n) is 8.07. The van der Waals surface area contributed by atoms with Crippen molar-refractivity contribution in [3.63, 3.8) is 0 Å². The summed E-state index contributed by atoms with van der Waals surface area (Å²) in [5.41, 5.74) is -2.97. The van der Waals surface area contributed by atoms with Gasteiger partial charge in [0.25, 0.3) is 0 Å². The predicted octanol–water partition coefficient (Wildman–Crippen LogP) is 2.60. The van der Waals surface area contributed by atoms with Gasteiger partial charge in [-0.15, -0.1) is 0 Å². The van der Waals surface area contributed by atoms with Gasteiger partial charge in [0.15, 0.2) is 23.9 Å². The number of likely N-dealkylation sites (tertiary alicyclic amines) is 1. The fraction of sp³-hybridized carbons (Fsp3) is 0.579. The van der Waals surface area contributed by atoms with E-state index in [1.54, 1.807) is 6.92 Å². The van der Waals surface area contributed by atoms with Crippen LogP contribution in [0.5, 0.6) is 0 Å². The Kier molecular flexibility index (Phi) is 5.53. The lowest BCUT2D eigenvalue weighted by molar-refractivity contribution is -0.143. The fourth-order valence-corrected chi connectivity index (χ4v) is 4.15. The molecule has 1 saturated heterocycles. The highest BCUT2D eigenvalue weighted by atomic mass is 19.4. The molecule has 1 amide bonds. The van der Waals surface area contributed by atoms with Gasteiger partial charge in [-0.25, -0.2) is 27.6 Å². The van der Waals surface area contributed by atoms with Gasteiger partial charge in [-0.2, -0.15) is 18.3 Å². The van der Waals surface area contributed by atoms with Crippen molar-refractivity contribution in [2.75, 3.05) is 13.1 Å². The molecule has 0 saturated carbocycles. The predicted molar refractivity (Wildman–Crippen MR) is 97.8 cm³/mol. The molecule has 1 fully saturated rings. The quantitative estimate of drug-likeness (QED) is 0.657. The van der Waals surface area contributed by atoms with E-state index >= 15 is 0 Å². The average Bonchev–Trinajstić information content (AvgIpc) is 3.23. The molecule has 32 heavy (non-hydrogen) atoms. The lowest BCUT2D eigenvalue weighted by atomic mass is 9.95. The van der Waals surface area contributed by atoms with Crippen molar-refractivity contribution in [3.05, 3.63) is 45.6 Å². The Labute approximate surface area is 177 Å². The normalized spacial score (nSPS) is 25.8. The SMILES string of the molecule is C[C@@H]1CC[C@H](C(=O)N2C[C@@H](F)[C@@H](F)C2)n2c1nn(Cc1ccnc(C(F)(F)F)c1F)c2=O. The summed E-state index contributed by atoms with van der Waals surface area (Å²) < 4.78 is 82.2. The number of aromatic nitrogens is 4. The molecule has 2 aliphatic rings. The molecule has 0 spiro atoms. The fourth-order valence-electron chi connectivity index (χ4n) is 4.15. The third kappa shape index (κ3) is 3.77. The van der Waals surface area contributed by atoms with Gasteiger partial charge in [0.1, 0.15) is 11.9 Å². The van der Waals surface area contributed by atoms with Gasteiger partial charge in [0.05, 0.1) is 19.6 Å². The molecule has 2 aromatic heterocycles. The average molecular weight is 463 g/mol. The van der Waals surface area contributed by atoms with E-state index in [2.05, 4.69) is 10.1 Å². The minimum atomic E-state index is -5.01. The van der Waals surface area contributed by atoms with Gasteiger partial charge in [-0.05, 0) is 18.9 Å². The highest BCUT2D eigenvalue weighted by Crippen LogP contribution is 2.34. The molecule has 0 unspecified atom stereocenters. The number of amides is 1. The van der Waals surface area contributed by atoms with E-state index in [1.165, 1.54) is 0 Å². The monoisotopic (exact) mass is 463 g/mol. The maximum atomic E-state index is 14.4. The number of alkyl halides is 5. The molecule has 0 aliphatic carbocycles. The molecule has 4 atom stereocenters. The zero-order valence-electron chi connectivity index (χ0n) is 16.8. The first kappa shape index (κ1) is 22.3. The Hall–Kier alpha value is -2.86. The van der Waals surface area contributed by atoms with Gasteiger partial charge < -0.3 is 4.90 Å². The van der Waals surface area contributed by atoms with Crippen LogP contribution in [0.25, 0.3) is 0 Å². The number of hydrogen-bond donors (Lipinski definition) is 0. The molecule has 2 aliphatic heterocycles. The van der Waals surface area contributed by atoms with Gasteiger partial charge in [0, 0.05) is 17.7 Å². The van der Waals surface area contributed by atoms with Crippen molar-refractivity contribution in [3.8, 4) is 0 Å². The topological polar surface area (TPSA) is 73.0 Å². The van der Waals surface area contributed by atoms with Crippen LogP contribution in [0.3, 0.4) is 0 Å². The number of hydrogen-bond acceptors (Lipinski definition) is 4. The number of carbonyl (C=O) groups excluding carboxylic acids is 1. The van der Waals surface area contributed by atoms with Crippen molar-refractivity contribution < 1.29 is 31.1 Å². The third-order valence-corrected chi connectivity index (χ3v) is 5.86. The van der Waals surface area contributed by atoms with E-state index in [0.29, 0.717) is 6.42 Å². The summed E-state index contributed by atoms with van der Waals surface area (Å²) in [5.74, 6) is -2.30. The first-order valence-corrected chi connectivity index (χ1v) is 9.95. The van der Waals surface area contributed by atoms with Crippen LogP contribution >= 0.6 is 0 Å². The van der Waals surface area contributed by atoms with Crippen LogP contribution < -0.4 is 5.69 Å². The lowest BCUT2D eigenvalue weighted by Gasteiger charge is -2.29. The summed E-state index contributed by atoms with van der Waals surface area (Å²) in [7, 11) is 0. The Balaban J connectivity index is 1.68. The Morgan fingerprint density at radius 1 is 1.19 bits per heavy atom. The largest absolute Gasteiger partial charge is 0.436 e. The summed E-state index contributed by atoms with van der Waals surface area (Å²) >= 11 is 0. The van der Waals surface area contributed by atoms with E-state index in [-0.39, 0.29) is 18.2 Å². The molecule has 0 N–H and O–H groups in total. The summed E-state index contributed by atoms with van der Waals surface area (Å²) in [6.45, 7) is 0.301. The zero-order chi connectivity index (χ0) is 23.4. The van der Waals surface area contributed by atoms with Crippen LogP contribution in [0.2, 0.25) is 0 Å². The summed E-state index contributed by atoms with van der Waals surface area (Å²) in [5, 5.41) is 4.13. The molecule has 0 bridgehead atoms. The molecule has 2 aromatic rings. The van der Waals surface area contributed by atoms with Crippen LogP contribution in [-0.4, -0.2) is 55.6 Å². The number of halogens is 6. The van der Waals surface area contributed by atoms with Gasteiger partial charge in [0.2, 0.25) is 5.91 Å². The van der Waals surface area contributed by atoms with Gasteiger partial charge in [-0.1, -0.05) is 6.92 Å². The molecule has 174 valence electrons. The van der Waals surface area contributed by atoms with E-state index in [9.17, 15) is 35.9 Å². The van der Waals surface area contributed by atoms with Crippen molar-refractivity contribution in [2.45, 2.75) is 56.8 Å². The number of carbonyl (C=O) groups is 1. The Morgan fingerprint density at radius 3 is 2.47 bits per heavy atom. The van der Waals surface area contributed by atoms with Crippen LogP contribution in [0.4, 0.5) is 26.3 Å². The highest BCUT2D eigenvalue weighted by molar-refractivity contribution is 5.81. The van der Waals surface area contributed by atoms with Gasteiger partial charge in [-0.3, -0.25) is 9.36 Å². The molecule has 4 rings (SSSR count). The Morgan fingerprint density at radius 2 is 1.84 bits per heavy atom. The second kappa shape index (κ2) is 7.93. The minimum Gasteiger partial charge on any atom is -0.335 e. The first-order chi connectivity index (χ1) is 15.0. The maximum absolute atomic E-state index is 14.4. The first-order valence-electron chi connectivity index (χ1n) is 9.95. The molecule has 4 heterocycles. The van der Waals surface area contributed by atoms with E-state index in [0.717, 1.165) is 26.4 Å². The zero-order valence-corrected chi connectivity index (χ0v) is 16.8. The molecule has 7 nitrogen and oxygen atoms in total. The van der Waals surface area contributed by atoms with Crippen molar-refractivity contribution in [1.82, 2.24) is 24.2 Å². The summed E-state index contributed by atoms with van der Waals surface area (Å²) in [6.07, 6.45) is -7.16. The molecule has 13 heteroatoms. The molecular formula is C19H19F6N5O2. The summed E-state index contributed by atoms with van der Waals surface area (Å²) in [4.78, 5) is 29.9.